The molecule has 6 heteroatoms. The number of Topliss-reactive ketones (excluding diaryl/α,β-unsaturated/α-hetero) is 1. The molecule has 3 aliphatic carbocycles. The standard InChI is InChI=1S/C24H37NO5/c1-11(2)9-15-18-13(4)12(3)10-14-19-17(16(26)7-6-8-23(19,5)30)20(27)21(28)24(14,18)22(29)25-15/h10-11,13-20,26-27,30H,6-9H2,1-5H3,(H,25,29)/t13-,14-,15+,16+,17-,18+,19+,20+,23+,24+/m1/s1. The molecule has 4 N–H and O–H groups in total. The normalized spacial score (nSPS) is 50.9. The van der Waals surface area contributed by atoms with Crippen LogP contribution in [0, 0.1) is 40.9 Å². The van der Waals surface area contributed by atoms with Crippen molar-refractivity contribution in [2.45, 2.75) is 84.2 Å². The number of fused-ring (bicyclic) bond motifs is 2. The van der Waals surface area contributed by atoms with Crippen molar-refractivity contribution in [1.82, 2.24) is 5.32 Å². The van der Waals surface area contributed by atoms with E-state index in [0.717, 1.165) is 12.0 Å². The van der Waals surface area contributed by atoms with Crippen molar-refractivity contribution in [1.29, 1.82) is 0 Å². The number of nitrogens with one attached hydrogen (secondary N) is 1. The zero-order valence-corrected chi connectivity index (χ0v) is 18.8. The van der Waals surface area contributed by atoms with E-state index in [-0.39, 0.29) is 23.8 Å². The molecule has 0 bridgehead atoms. The van der Waals surface area contributed by atoms with Crippen LogP contribution in [0.15, 0.2) is 11.6 Å². The molecule has 2 saturated carbocycles. The smallest absolute Gasteiger partial charge is 0.235 e. The Morgan fingerprint density at radius 2 is 1.90 bits per heavy atom. The highest BCUT2D eigenvalue weighted by Crippen LogP contribution is 2.63. The average molecular weight is 420 g/mol. The van der Waals surface area contributed by atoms with Crippen LogP contribution in [0.3, 0.4) is 0 Å². The van der Waals surface area contributed by atoms with Crippen molar-refractivity contribution in [3.8, 4) is 0 Å². The fraction of sp³-hybridized carbons (Fsp3) is 0.833. The molecule has 0 aromatic rings. The molecule has 1 aliphatic heterocycles. The molecule has 6 nitrogen and oxygen atoms in total. The lowest BCUT2D eigenvalue weighted by Gasteiger charge is -2.57. The Hall–Kier alpha value is -1.24. The highest BCUT2D eigenvalue weighted by Gasteiger charge is 2.73. The molecule has 1 heterocycles. The third-order valence-corrected chi connectivity index (χ3v) is 8.79. The van der Waals surface area contributed by atoms with E-state index in [2.05, 4.69) is 26.1 Å². The molecule has 1 amide bonds. The number of carbonyl (C=O) groups is 2. The maximum Gasteiger partial charge on any atom is 0.235 e. The van der Waals surface area contributed by atoms with Crippen molar-refractivity contribution in [2.75, 3.05) is 0 Å². The summed E-state index contributed by atoms with van der Waals surface area (Å²) in [6, 6.07) is -0.146. The predicted octanol–water partition coefficient (Wildman–Crippen LogP) is 1.82. The Morgan fingerprint density at radius 3 is 2.53 bits per heavy atom. The number of allylic oxidation sites excluding steroid dienone is 2. The highest BCUT2D eigenvalue weighted by molar-refractivity contribution is 6.11. The van der Waals surface area contributed by atoms with Crippen LogP contribution in [0.4, 0.5) is 0 Å². The first kappa shape index (κ1) is 22.0. The van der Waals surface area contributed by atoms with Crippen molar-refractivity contribution >= 4 is 11.7 Å². The van der Waals surface area contributed by atoms with Gasteiger partial charge in [-0.3, -0.25) is 9.59 Å². The van der Waals surface area contributed by atoms with Crippen LogP contribution in [-0.2, 0) is 9.59 Å². The van der Waals surface area contributed by atoms with Crippen LogP contribution < -0.4 is 5.32 Å². The van der Waals surface area contributed by atoms with E-state index >= 15 is 0 Å². The molecule has 3 fully saturated rings. The van der Waals surface area contributed by atoms with Crippen LogP contribution in [0.25, 0.3) is 0 Å². The van der Waals surface area contributed by atoms with Gasteiger partial charge in [-0.15, -0.1) is 0 Å². The van der Waals surface area contributed by atoms with Gasteiger partial charge in [0, 0.05) is 29.7 Å². The summed E-state index contributed by atoms with van der Waals surface area (Å²) in [5.74, 6) is -2.53. The van der Waals surface area contributed by atoms with Crippen molar-refractivity contribution in [3.05, 3.63) is 11.6 Å². The summed E-state index contributed by atoms with van der Waals surface area (Å²) in [5, 5.41) is 36.6. The number of ketones is 1. The van der Waals surface area contributed by atoms with Crippen molar-refractivity contribution in [2.24, 2.45) is 40.9 Å². The van der Waals surface area contributed by atoms with Gasteiger partial charge in [0.25, 0.3) is 0 Å². The van der Waals surface area contributed by atoms with Crippen LogP contribution in [-0.4, -0.2) is 50.9 Å². The monoisotopic (exact) mass is 419 g/mol. The van der Waals surface area contributed by atoms with Gasteiger partial charge < -0.3 is 20.6 Å². The summed E-state index contributed by atoms with van der Waals surface area (Å²) in [6.07, 6.45) is 1.98. The maximum absolute atomic E-state index is 13.8. The fourth-order valence-corrected chi connectivity index (χ4v) is 7.49. The Labute approximate surface area is 179 Å². The van der Waals surface area contributed by atoms with E-state index in [0.29, 0.717) is 25.2 Å². The predicted molar refractivity (Wildman–Crippen MR) is 112 cm³/mol. The van der Waals surface area contributed by atoms with Gasteiger partial charge in [-0.2, -0.15) is 0 Å². The Morgan fingerprint density at radius 1 is 1.23 bits per heavy atom. The largest absolute Gasteiger partial charge is 0.393 e. The molecule has 168 valence electrons. The van der Waals surface area contributed by atoms with Gasteiger partial charge >= 0.3 is 0 Å². The summed E-state index contributed by atoms with van der Waals surface area (Å²) in [5.41, 5.74) is -1.45. The van der Waals surface area contributed by atoms with E-state index in [1.54, 1.807) is 6.92 Å². The van der Waals surface area contributed by atoms with Gasteiger partial charge in [0.15, 0.2) is 5.78 Å². The summed E-state index contributed by atoms with van der Waals surface area (Å²) in [6.45, 7) is 10.0. The lowest BCUT2D eigenvalue weighted by atomic mass is 9.45. The minimum Gasteiger partial charge on any atom is -0.393 e. The molecule has 1 saturated heterocycles. The van der Waals surface area contributed by atoms with Crippen molar-refractivity contribution < 1.29 is 24.9 Å². The molecular formula is C24H37NO5. The van der Waals surface area contributed by atoms with E-state index < -0.39 is 46.8 Å². The Bertz CT molecular complexity index is 774. The van der Waals surface area contributed by atoms with E-state index in [9.17, 15) is 24.9 Å². The quantitative estimate of drug-likeness (QED) is 0.403. The molecular weight excluding hydrogens is 382 g/mol. The van der Waals surface area contributed by atoms with Crippen LogP contribution in [0.2, 0.25) is 0 Å². The van der Waals surface area contributed by atoms with E-state index in [1.807, 2.05) is 13.0 Å². The summed E-state index contributed by atoms with van der Waals surface area (Å²) in [4.78, 5) is 27.4. The van der Waals surface area contributed by atoms with Crippen LogP contribution in [0.1, 0.15) is 60.3 Å². The molecule has 30 heavy (non-hydrogen) atoms. The highest BCUT2D eigenvalue weighted by atomic mass is 16.3. The number of hydrogen-bond donors (Lipinski definition) is 4. The number of aliphatic hydroxyl groups is 3. The molecule has 0 aromatic heterocycles. The van der Waals surface area contributed by atoms with Gasteiger partial charge in [0.2, 0.25) is 5.91 Å². The summed E-state index contributed by atoms with van der Waals surface area (Å²) < 4.78 is 0. The molecule has 1 spiro atoms. The van der Waals surface area contributed by atoms with E-state index in [1.165, 1.54) is 0 Å². The van der Waals surface area contributed by atoms with Crippen molar-refractivity contribution in [3.63, 3.8) is 0 Å². The fourth-order valence-electron chi connectivity index (χ4n) is 7.49. The van der Waals surface area contributed by atoms with Gasteiger partial charge in [0.05, 0.1) is 11.7 Å². The zero-order valence-electron chi connectivity index (χ0n) is 18.8. The molecule has 10 atom stereocenters. The van der Waals surface area contributed by atoms with Gasteiger partial charge in [-0.25, -0.2) is 0 Å². The summed E-state index contributed by atoms with van der Waals surface area (Å²) in [7, 11) is 0. The van der Waals surface area contributed by atoms with Gasteiger partial charge in [0.1, 0.15) is 11.5 Å². The number of rotatable bonds is 2. The number of carbonyl (C=O) groups excluding carboxylic acids is 2. The number of hydrogen-bond acceptors (Lipinski definition) is 5. The molecule has 0 radical (unpaired) electrons. The second-order valence-electron chi connectivity index (χ2n) is 11.1. The first-order valence-electron chi connectivity index (χ1n) is 11.6. The second-order valence-corrected chi connectivity index (χ2v) is 11.1. The van der Waals surface area contributed by atoms with Gasteiger partial charge in [-0.1, -0.05) is 32.4 Å². The first-order chi connectivity index (χ1) is 13.9. The number of amides is 1. The molecule has 4 rings (SSSR count). The molecule has 4 aliphatic rings. The topological polar surface area (TPSA) is 107 Å². The lowest BCUT2D eigenvalue weighted by Crippen LogP contribution is -2.68. The van der Waals surface area contributed by atoms with Crippen LogP contribution >= 0.6 is 0 Å². The first-order valence-corrected chi connectivity index (χ1v) is 11.6. The van der Waals surface area contributed by atoms with Crippen LogP contribution in [0.5, 0.6) is 0 Å². The average Bonchev–Trinajstić information content (AvgIpc) is 2.85. The lowest BCUT2D eigenvalue weighted by molar-refractivity contribution is -0.189. The minimum absolute atomic E-state index is 0.0114. The third-order valence-electron chi connectivity index (χ3n) is 8.79. The maximum atomic E-state index is 13.8. The minimum atomic E-state index is -1.45. The number of aliphatic hydroxyl groups excluding tert-OH is 2. The molecule has 0 unspecified atom stereocenters. The Kier molecular flexibility index (Phi) is 5.23. The van der Waals surface area contributed by atoms with Gasteiger partial charge in [-0.05, 0) is 51.4 Å². The second kappa shape index (κ2) is 7.14. The third kappa shape index (κ3) is 2.79. The van der Waals surface area contributed by atoms with E-state index in [4.69, 9.17) is 0 Å². The SMILES string of the molecule is CC1=C[C@@H]2[C@H]3[C@H]([C@H](O)C(=O)[C@]24C(=O)N[C@@H](CC(C)C)[C@@H]4[C@@H]1C)[C@@H](O)CCC[C@]3(C)O. The zero-order chi connectivity index (χ0) is 22.2. The Balaban J connectivity index is 1.94. The molecule has 0 aromatic carbocycles. The summed E-state index contributed by atoms with van der Waals surface area (Å²) >= 11 is 0.